The van der Waals surface area contributed by atoms with Gasteiger partial charge in [-0.05, 0) is 36.9 Å². The van der Waals surface area contributed by atoms with Gasteiger partial charge in [0.25, 0.3) is 0 Å². The van der Waals surface area contributed by atoms with Crippen LogP contribution in [-0.4, -0.2) is 31.5 Å². The Hall–Kier alpha value is -2.61. The molecule has 8 heteroatoms. The van der Waals surface area contributed by atoms with Crippen molar-refractivity contribution in [2.75, 3.05) is 26.0 Å². The molecule has 0 aliphatic heterocycles. The van der Waals surface area contributed by atoms with Crippen LogP contribution in [0.2, 0.25) is 0 Å². The van der Waals surface area contributed by atoms with Crippen molar-refractivity contribution in [3.8, 4) is 5.75 Å². The maximum atomic E-state index is 13.6. The van der Waals surface area contributed by atoms with Gasteiger partial charge in [-0.25, -0.2) is 17.6 Å². The molecule has 0 aliphatic carbocycles. The van der Waals surface area contributed by atoms with Crippen LogP contribution in [0.3, 0.4) is 0 Å². The van der Waals surface area contributed by atoms with Gasteiger partial charge in [0.2, 0.25) is 5.91 Å². The molecule has 1 N–H and O–H groups in total. The topological polar surface area (TPSA) is 41.6 Å². The van der Waals surface area contributed by atoms with Crippen molar-refractivity contribution < 1.29 is 27.1 Å². The molecule has 2 rings (SSSR count). The average Bonchev–Trinajstić information content (AvgIpc) is 2.55. The molecule has 0 fully saturated rings. The highest BCUT2D eigenvalue weighted by atomic mass is 19.2. The number of rotatable bonds is 6. The molecule has 0 saturated heterocycles. The van der Waals surface area contributed by atoms with Gasteiger partial charge in [0.1, 0.15) is 0 Å². The molecule has 134 valence electrons. The van der Waals surface area contributed by atoms with Gasteiger partial charge in [-0.15, -0.1) is 0 Å². The van der Waals surface area contributed by atoms with E-state index < -0.39 is 34.9 Å². The van der Waals surface area contributed by atoms with Crippen LogP contribution in [0.4, 0.5) is 23.2 Å². The molecule has 1 amide bonds. The van der Waals surface area contributed by atoms with Crippen molar-refractivity contribution in [1.29, 1.82) is 0 Å². The van der Waals surface area contributed by atoms with Crippen molar-refractivity contribution in [3.05, 3.63) is 59.2 Å². The number of anilines is 1. The number of methoxy groups -OCH3 is 1. The molecule has 2 aromatic carbocycles. The van der Waals surface area contributed by atoms with Crippen LogP contribution >= 0.6 is 0 Å². The summed E-state index contributed by atoms with van der Waals surface area (Å²) in [5.74, 6) is -5.50. The fourth-order valence-corrected chi connectivity index (χ4v) is 2.23. The lowest BCUT2D eigenvalue weighted by Gasteiger charge is -2.17. The van der Waals surface area contributed by atoms with E-state index in [-0.39, 0.29) is 18.8 Å². The van der Waals surface area contributed by atoms with E-state index in [4.69, 9.17) is 4.74 Å². The zero-order valence-electron chi connectivity index (χ0n) is 13.6. The number of amides is 1. The highest BCUT2D eigenvalue weighted by molar-refractivity contribution is 5.92. The van der Waals surface area contributed by atoms with Crippen LogP contribution in [0.1, 0.15) is 5.56 Å². The van der Waals surface area contributed by atoms with E-state index in [0.717, 1.165) is 12.1 Å². The van der Waals surface area contributed by atoms with Crippen molar-refractivity contribution in [3.63, 3.8) is 0 Å². The third kappa shape index (κ3) is 4.69. The first-order chi connectivity index (χ1) is 11.8. The summed E-state index contributed by atoms with van der Waals surface area (Å²) in [6, 6.07) is 6.05. The Morgan fingerprint density at radius 1 is 1.08 bits per heavy atom. The Kier molecular flexibility index (Phi) is 5.97. The summed E-state index contributed by atoms with van der Waals surface area (Å²) in [6.07, 6.45) is 0. The van der Waals surface area contributed by atoms with Gasteiger partial charge < -0.3 is 10.1 Å². The Balaban J connectivity index is 1.96. The van der Waals surface area contributed by atoms with Crippen molar-refractivity contribution in [2.45, 2.75) is 6.54 Å². The molecule has 0 spiro atoms. The maximum absolute atomic E-state index is 13.6. The lowest BCUT2D eigenvalue weighted by molar-refractivity contribution is -0.117. The normalized spacial score (nSPS) is 10.8. The summed E-state index contributed by atoms with van der Waals surface area (Å²) in [4.78, 5) is 13.4. The molecule has 0 heterocycles. The third-order valence-electron chi connectivity index (χ3n) is 3.39. The minimum atomic E-state index is -1.65. The summed E-state index contributed by atoms with van der Waals surface area (Å²) in [7, 11) is 2.95. The molecule has 0 atom stereocenters. The summed E-state index contributed by atoms with van der Waals surface area (Å²) in [6.45, 7) is 0.0840. The number of carbonyl (C=O) groups is 1. The van der Waals surface area contributed by atoms with Gasteiger partial charge in [-0.1, -0.05) is 6.07 Å². The zero-order valence-corrected chi connectivity index (χ0v) is 13.6. The number of ether oxygens (including phenoxy) is 1. The Labute approximate surface area is 142 Å². The molecule has 0 aliphatic rings. The molecular weight excluding hydrogens is 340 g/mol. The first kappa shape index (κ1) is 18.7. The molecule has 0 radical (unpaired) electrons. The van der Waals surface area contributed by atoms with Gasteiger partial charge in [0.05, 0.1) is 19.3 Å². The van der Waals surface area contributed by atoms with Gasteiger partial charge in [-0.2, -0.15) is 0 Å². The van der Waals surface area contributed by atoms with Crippen LogP contribution in [0, 0.1) is 23.3 Å². The lowest BCUT2D eigenvalue weighted by Crippen LogP contribution is -2.30. The van der Waals surface area contributed by atoms with Gasteiger partial charge in [0.15, 0.2) is 29.0 Å². The van der Waals surface area contributed by atoms with Crippen LogP contribution < -0.4 is 10.1 Å². The Morgan fingerprint density at radius 3 is 2.44 bits per heavy atom. The van der Waals surface area contributed by atoms with Gasteiger partial charge in [0, 0.05) is 6.54 Å². The Bertz CT molecular complexity index is 783. The van der Waals surface area contributed by atoms with E-state index in [1.807, 2.05) is 0 Å². The summed E-state index contributed by atoms with van der Waals surface area (Å²) in [5.41, 5.74) is 0.153. The second kappa shape index (κ2) is 7.98. The zero-order chi connectivity index (χ0) is 18.6. The highest BCUT2D eigenvalue weighted by Gasteiger charge is 2.16. The van der Waals surface area contributed by atoms with Crippen molar-refractivity contribution in [1.82, 2.24) is 4.90 Å². The quantitative estimate of drug-likeness (QED) is 0.638. The van der Waals surface area contributed by atoms with Gasteiger partial charge in [-0.3, -0.25) is 9.69 Å². The van der Waals surface area contributed by atoms with E-state index in [1.54, 1.807) is 18.0 Å². The molecule has 25 heavy (non-hydrogen) atoms. The van der Waals surface area contributed by atoms with Crippen LogP contribution in [0.15, 0.2) is 30.3 Å². The average molecular weight is 356 g/mol. The lowest BCUT2D eigenvalue weighted by atomic mass is 10.2. The number of likely N-dealkylation sites (N-methyl/N-ethyl adjacent to an activating group) is 1. The van der Waals surface area contributed by atoms with Gasteiger partial charge >= 0.3 is 0 Å². The second-order valence-electron chi connectivity index (χ2n) is 5.41. The Morgan fingerprint density at radius 2 is 1.80 bits per heavy atom. The third-order valence-corrected chi connectivity index (χ3v) is 3.39. The first-order valence-corrected chi connectivity index (χ1v) is 7.26. The van der Waals surface area contributed by atoms with E-state index >= 15 is 0 Å². The van der Waals surface area contributed by atoms with Crippen molar-refractivity contribution >= 4 is 11.6 Å². The number of nitrogens with zero attached hydrogens (tertiary/aromatic N) is 1. The number of benzene rings is 2. The van der Waals surface area contributed by atoms with Crippen LogP contribution in [0.25, 0.3) is 0 Å². The standard InChI is InChI=1S/C17H16F4N2O2/c1-23(8-10-3-6-14(25-2)12(19)7-10)9-15(24)22-13-5-4-11(18)16(20)17(13)21/h3-7H,8-9H2,1-2H3,(H,22,24). The summed E-state index contributed by atoms with van der Waals surface area (Å²) in [5, 5.41) is 2.17. The number of hydrogen-bond acceptors (Lipinski definition) is 3. The van der Waals surface area contributed by atoms with E-state index in [0.29, 0.717) is 5.56 Å². The molecule has 4 nitrogen and oxygen atoms in total. The fraction of sp³-hybridized carbons (Fsp3) is 0.235. The van der Waals surface area contributed by atoms with E-state index in [9.17, 15) is 22.4 Å². The summed E-state index contributed by atoms with van der Waals surface area (Å²) >= 11 is 0. The first-order valence-electron chi connectivity index (χ1n) is 7.26. The molecule has 0 unspecified atom stereocenters. The number of halogens is 4. The van der Waals surface area contributed by atoms with Crippen LogP contribution in [-0.2, 0) is 11.3 Å². The smallest absolute Gasteiger partial charge is 0.238 e. The predicted octanol–water partition coefficient (Wildman–Crippen LogP) is 3.32. The van der Waals surface area contributed by atoms with Crippen molar-refractivity contribution in [2.24, 2.45) is 0 Å². The highest BCUT2D eigenvalue weighted by Crippen LogP contribution is 2.20. The van der Waals surface area contributed by atoms with E-state index in [2.05, 4.69) is 5.32 Å². The fourth-order valence-electron chi connectivity index (χ4n) is 2.23. The SMILES string of the molecule is COc1ccc(CN(C)CC(=O)Nc2ccc(F)c(F)c2F)cc1F. The molecule has 0 aromatic heterocycles. The summed E-state index contributed by atoms with van der Waals surface area (Å²) < 4.78 is 58.0. The monoisotopic (exact) mass is 356 g/mol. The number of hydrogen-bond donors (Lipinski definition) is 1. The maximum Gasteiger partial charge on any atom is 0.238 e. The minimum absolute atomic E-state index is 0.109. The van der Waals surface area contributed by atoms with Crippen LogP contribution in [0.5, 0.6) is 5.75 Å². The largest absolute Gasteiger partial charge is 0.494 e. The second-order valence-corrected chi connectivity index (χ2v) is 5.41. The molecular formula is C17H16F4N2O2. The molecule has 0 bridgehead atoms. The minimum Gasteiger partial charge on any atom is -0.494 e. The predicted molar refractivity (Wildman–Crippen MR) is 84.2 cm³/mol. The molecule has 2 aromatic rings. The van der Waals surface area contributed by atoms with E-state index in [1.165, 1.54) is 19.2 Å². The number of nitrogens with one attached hydrogen (secondary N) is 1. The molecule has 0 saturated carbocycles. The number of carbonyl (C=O) groups excluding carboxylic acids is 1.